The van der Waals surface area contributed by atoms with Crippen LogP contribution in [-0.4, -0.2) is 5.88 Å². The van der Waals surface area contributed by atoms with E-state index in [0.29, 0.717) is 17.3 Å². The molecule has 0 heterocycles. The van der Waals surface area contributed by atoms with Crippen LogP contribution in [0.25, 0.3) is 11.1 Å². The molecule has 0 radical (unpaired) electrons. The summed E-state index contributed by atoms with van der Waals surface area (Å²) in [7, 11) is 0. The normalized spacial score (nSPS) is 24.2. The summed E-state index contributed by atoms with van der Waals surface area (Å²) in [4.78, 5) is 0. The predicted octanol–water partition coefficient (Wildman–Crippen LogP) is 5.33. The summed E-state index contributed by atoms with van der Waals surface area (Å²) in [5.41, 5.74) is 4.34. The Labute approximate surface area is 120 Å². The average molecular weight is 271 g/mol. The first-order valence-electron chi connectivity index (χ1n) is 6.86. The summed E-state index contributed by atoms with van der Waals surface area (Å²) in [6.45, 7) is 4.63. The molecule has 1 aliphatic rings. The number of hydrogen-bond acceptors (Lipinski definition) is 0. The van der Waals surface area contributed by atoms with Gasteiger partial charge in [-0.3, -0.25) is 0 Å². The van der Waals surface area contributed by atoms with Crippen molar-refractivity contribution < 1.29 is 0 Å². The van der Waals surface area contributed by atoms with Crippen LogP contribution in [0.3, 0.4) is 0 Å². The van der Waals surface area contributed by atoms with Gasteiger partial charge in [0.15, 0.2) is 0 Å². The summed E-state index contributed by atoms with van der Waals surface area (Å²) in [6, 6.07) is 19.5. The standard InChI is InChI=1S/C18H19Cl/c1-18(2)16(12-19)17(18)15-10-8-14(9-11-15)13-6-4-3-5-7-13/h3-11,16-17H,12H2,1-2H3. The Kier molecular flexibility index (Phi) is 3.14. The summed E-state index contributed by atoms with van der Waals surface area (Å²) < 4.78 is 0. The van der Waals surface area contributed by atoms with E-state index in [4.69, 9.17) is 11.6 Å². The van der Waals surface area contributed by atoms with Crippen molar-refractivity contribution in [3.05, 3.63) is 60.2 Å². The van der Waals surface area contributed by atoms with E-state index < -0.39 is 0 Å². The maximum Gasteiger partial charge on any atom is 0.0263 e. The molecule has 0 spiro atoms. The highest BCUT2D eigenvalue weighted by Crippen LogP contribution is 2.64. The van der Waals surface area contributed by atoms with E-state index in [2.05, 4.69) is 68.4 Å². The lowest BCUT2D eigenvalue weighted by molar-refractivity contribution is 0.577. The van der Waals surface area contributed by atoms with Crippen LogP contribution in [0.15, 0.2) is 54.6 Å². The van der Waals surface area contributed by atoms with Gasteiger partial charge in [0.05, 0.1) is 0 Å². The van der Waals surface area contributed by atoms with Gasteiger partial charge in [-0.15, -0.1) is 11.6 Å². The molecule has 98 valence electrons. The highest BCUT2D eigenvalue weighted by molar-refractivity contribution is 6.18. The smallest absolute Gasteiger partial charge is 0.0263 e. The monoisotopic (exact) mass is 270 g/mol. The van der Waals surface area contributed by atoms with Crippen LogP contribution in [0.5, 0.6) is 0 Å². The predicted molar refractivity (Wildman–Crippen MR) is 82.6 cm³/mol. The number of hydrogen-bond donors (Lipinski definition) is 0. The van der Waals surface area contributed by atoms with Crippen LogP contribution in [0.1, 0.15) is 25.3 Å². The number of alkyl halides is 1. The lowest BCUT2D eigenvalue weighted by Crippen LogP contribution is -1.91. The van der Waals surface area contributed by atoms with Crippen LogP contribution in [0.4, 0.5) is 0 Å². The molecule has 0 saturated heterocycles. The van der Waals surface area contributed by atoms with Crippen molar-refractivity contribution in [2.75, 3.05) is 5.88 Å². The molecular weight excluding hydrogens is 252 g/mol. The third-order valence-electron chi connectivity index (χ3n) is 4.59. The SMILES string of the molecule is CC1(C)C(CCl)C1c1ccc(-c2ccccc2)cc1. The Balaban J connectivity index is 1.85. The fraction of sp³-hybridized carbons (Fsp3) is 0.333. The Hall–Kier alpha value is -1.27. The van der Waals surface area contributed by atoms with Crippen molar-refractivity contribution in [2.45, 2.75) is 19.8 Å². The van der Waals surface area contributed by atoms with Crippen molar-refractivity contribution >= 4 is 11.6 Å². The molecule has 0 aliphatic heterocycles. The van der Waals surface area contributed by atoms with Gasteiger partial charge in [-0.25, -0.2) is 0 Å². The molecule has 0 amide bonds. The minimum absolute atomic E-state index is 0.357. The third-order valence-corrected chi connectivity index (χ3v) is 4.93. The van der Waals surface area contributed by atoms with Crippen LogP contribution in [-0.2, 0) is 0 Å². The largest absolute Gasteiger partial charge is 0.126 e. The van der Waals surface area contributed by atoms with E-state index in [1.807, 2.05) is 0 Å². The quantitative estimate of drug-likeness (QED) is 0.661. The van der Waals surface area contributed by atoms with E-state index in [1.165, 1.54) is 16.7 Å². The molecule has 0 N–H and O–H groups in total. The molecule has 3 rings (SSSR count). The van der Waals surface area contributed by atoms with Crippen LogP contribution in [0.2, 0.25) is 0 Å². The molecule has 1 saturated carbocycles. The lowest BCUT2D eigenvalue weighted by Gasteiger charge is -2.06. The molecule has 0 nitrogen and oxygen atoms in total. The molecule has 2 aromatic rings. The van der Waals surface area contributed by atoms with E-state index >= 15 is 0 Å². The van der Waals surface area contributed by atoms with E-state index in [9.17, 15) is 0 Å². The van der Waals surface area contributed by atoms with Crippen LogP contribution >= 0.6 is 11.6 Å². The molecule has 1 fully saturated rings. The van der Waals surface area contributed by atoms with Crippen molar-refractivity contribution in [1.29, 1.82) is 0 Å². The molecule has 2 atom stereocenters. The molecule has 1 aliphatic carbocycles. The maximum atomic E-state index is 6.06. The van der Waals surface area contributed by atoms with Crippen LogP contribution < -0.4 is 0 Å². The van der Waals surface area contributed by atoms with Gasteiger partial charge < -0.3 is 0 Å². The fourth-order valence-corrected chi connectivity index (χ4v) is 3.78. The van der Waals surface area contributed by atoms with Gasteiger partial charge in [0, 0.05) is 5.88 Å². The van der Waals surface area contributed by atoms with Gasteiger partial charge in [0.1, 0.15) is 0 Å². The van der Waals surface area contributed by atoms with E-state index in [1.54, 1.807) is 0 Å². The zero-order valence-electron chi connectivity index (χ0n) is 11.4. The average Bonchev–Trinajstić information content (AvgIpc) is 3.01. The highest BCUT2D eigenvalue weighted by atomic mass is 35.5. The zero-order valence-corrected chi connectivity index (χ0v) is 12.2. The summed E-state index contributed by atoms with van der Waals surface area (Å²) >= 11 is 6.06. The van der Waals surface area contributed by atoms with Crippen molar-refractivity contribution in [3.63, 3.8) is 0 Å². The maximum absolute atomic E-state index is 6.06. The van der Waals surface area contributed by atoms with Gasteiger partial charge in [-0.05, 0) is 33.9 Å². The summed E-state index contributed by atoms with van der Waals surface area (Å²) in [5.74, 6) is 2.00. The Morgan fingerprint density at radius 2 is 1.47 bits per heavy atom. The van der Waals surface area contributed by atoms with E-state index in [-0.39, 0.29) is 0 Å². The second-order valence-electron chi connectivity index (χ2n) is 6.05. The van der Waals surface area contributed by atoms with Gasteiger partial charge in [0.25, 0.3) is 0 Å². The minimum atomic E-state index is 0.357. The van der Waals surface area contributed by atoms with Gasteiger partial charge in [-0.1, -0.05) is 68.4 Å². The minimum Gasteiger partial charge on any atom is -0.126 e. The number of halogens is 1. The summed E-state index contributed by atoms with van der Waals surface area (Å²) in [6.07, 6.45) is 0. The lowest BCUT2D eigenvalue weighted by atomic mass is 9.99. The van der Waals surface area contributed by atoms with Gasteiger partial charge in [-0.2, -0.15) is 0 Å². The topological polar surface area (TPSA) is 0 Å². The first-order valence-corrected chi connectivity index (χ1v) is 7.39. The highest BCUT2D eigenvalue weighted by Gasteiger charge is 2.57. The molecule has 0 aromatic heterocycles. The first-order chi connectivity index (χ1) is 9.14. The Morgan fingerprint density at radius 3 is 2.00 bits per heavy atom. The second kappa shape index (κ2) is 4.68. The Bertz CT molecular complexity index is 554. The fourth-order valence-electron chi connectivity index (χ4n) is 3.21. The van der Waals surface area contributed by atoms with Crippen LogP contribution in [0, 0.1) is 11.3 Å². The third kappa shape index (κ3) is 2.19. The summed E-state index contributed by atoms with van der Waals surface area (Å²) in [5, 5.41) is 0. The van der Waals surface area contributed by atoms with Gasteiger partial charge in [0.2, 0.25) is 0 Å². The van der Waals surface area contributed by atoms with Crippen molar-refractivity contribution in [2.24, 2.45) is 11.3 Å². The van der Waals surface area contributed by atoms with Gasteiger partial charge >= 0.3 is 0 Å². The second-order valence-corrected chi connectivity index (χ2v) is 6.36. The molecule has 1 heteroatoms. The zero-order chi connectivity index (χ0) is 13.5. The molecular formula is C18H19Cl. The number of benzene rings is 2. The first kappa shape index (κ1) is 12.7. The van der Waals surface area contributed by atoms with Crippen molar-refractivity contribution in [3.8, 4) is 11.1 Å². The molecule has 19 heavy (non-hydrogen) atoms. The molecule has 2 aromatic carbocycles. The molecule has 2 unspecified atom stereocenters. The number of rotatable bonds is 3. The molecule has 0 bridgehead atoms. The van der Waals surface area contributed by atoms with Crippen molar-refractivity contribution in [1.82, 2.24) is 0 Å². The Morgan fingerprint density at radius 1 is 0.895 bits per heavy atom. The van der Waals surface area contributed by atoms with E-state index in [0.717, 1.165) is 5.88 Å².